The van der Waals surface area contributed by atoms with Gasteiger partial charge >= 0.3 is 0 Å². The Hall–Kier alpha value is -0.650. The van der Waals surface area contributed by atoms with Gasteiger partial charge in [0.25, 0.3) is 0 Å². The van der Waals surface area contributed by atoms with E-state index in [1.165, 1.54) is 0 Å². The molecule has 1 rings (SSSR count). The Morgan fingerprint density at radius 2 is 2.18 bits per heavy atom. The molecule has 2 unspecified atom stereocenters. The molecule has 5 heteroatoms. The Kier molecular flexibility index (Phi) is 4.52. The number of hydrogen-bond donors (Lipinski definition) is 3. The monoisotopic (exact) mass is 244 g/mol. The molecule has 0 bridgehead atoms. The van der Waals surface area contributed by atoms with Gasteiger partial charge in [-0.25, -0.2) is 0 Å². The van der Waals surface area contributed by atoms with Crippen LogP contribution in [0.25, 0.3) is 0 Å². The molecule has 2 atom stereocenters. The van der Waals surface area contributed by atoms with Gasteiger partial charge in [-0.2, -0.15) is 0 Å². The minimum absolute atomic E-state index is 0.0576. The molecule has 1 saturated heterocycles. The molecular weight excluding hydrogens is 220 g/mol. The second kappa shape index (κ2) is 5.33. The van der Waals surface area contributed by atoms with Crippen LogP contribution >= 0.6 is 0 Å². The lowest BCUT2D eigenvalue weighted by atomic mass is 9.83. The van der Waals surface area contributed by atoms with Crippen LogP contribution in [0.15, 0.2) is 0 Å². The van der Waals surface area contributed by atoms with Crippen molar-refractivity contribution in [3.05, 3.63) is 0 Å². The smallest absolute Gasteiger partial charge is 0.230 e. The molecule has 4 N–H and O–H groups in total. The van der Waals surface area contributed by atoms with E-state index in [1.807, 2.05) is 20.8 Å². The minimum Gasteiger partial charge on any atom is -0.394 e. The first-order chi connectivity index (χ1) is 7.94. The Morgan fingerprint density at radius 1 is 1.59 bits per heavy atom. The normalized spacial score (nSPS) is 29.4. The summed E-state index contributed by atoms with van der Waals surface area (Å²) in [5.74, 6) is -0.125. The van der Waals surface area contributed by atoms with Gasteiger partial charge in [-0.3, -0.25) is 4.79 Å². The molecule has 0 saturated carbocycles. The number of aliphatic hydroxyl groups is 1. The number of nitrogens with one attached hydrogen (secondary N) is 1. The highest BCUT2D eigenvalue weighted by molar-refractivity contribution is 5.84. The van der Waals surface area contributed by atoms with E-state index in [0.717, 1.165) is 0 Å². The van der Waals surface area contributed by atoms with Crippen molar-refractivity contribution >= 4 is 5.91 Å². The molecule has 1 amide bonds. The van der Waals surface area contributed by atoms with Gasteiger partial charge < -0.3 is 20.9 Å². The zero-order valence-electron chi connectivity index (χ0n) is 11.0. The van der Waals surface area contributed by atoms with E-state index in [4.69, 9.17) is 10.5 Å². The number of aliphatic hydroxyl groups excluding tert-OH is 1. The van der Waals surface area contributed by atoms with Crippen molar-refractivity contribution in [3.8, 4) is 0 Å². The van der Waals surface area contributed by atoms with Crippen LogP contribution < -0.4 is 11.1 Å². The predicted octanol–water partition coefficient (Wildman–Crippen LogP) is 0.0175. The van der Waals surface area contributed by atoms with Crippen molar-refractivity contribution in [2.45, 2.75) is 45.2 Å². The molecule has 0 aliphatic carbocycles. The number of ether oxygens (including phenoxy) is 1. The first kappa shape index (κ1) is 14.4. The van der Waals surface area contributed by atoms with Gasteiger partial charge in [-0.05, 0) is 19.8 Å². The number of carbonyl (C=O) groups excluding carboxylic acids is 1. The SMILES string of the molecule is CCC(CC)(CO)NC(=O)C1(C)COCC1N. The van der Waals surface area contributed by atoms with Crippen molar-refractivity contribution in [3.63, 3.8) is 0 Å². The second-order valence-corrected chi connectivity index (χ2v) is 5.14. The van der Waals surface area contributed by atoms with E-state index >= 15 is 0 Å². The maximum atomic E-state index is 12.3. The van der Waals surface area contributed by atoms with Crippen molar-refractivity contribution in [2.24, 2.45) is 11.1 Å². The maximum Gasteiger partial charge on any atom is 0.230 e. The fraction of sp³-hybridized carbons (Fsp3) is 0.917. The molecule has 1 fully saturated rings. The first-order valence-corrected chi connectivity index (χ1v) is 6.21. The number of hydrogen-bond acceptors (Lipinski definition) is 4. The summed E-state index contributed by atoms with van der Waals surface area (Å²) in [6, 6.07) is -0.285. The van der Waals surface area contributed by atoms with Crippen LogP contribution in [0.2, 0.25) is 0 Å². The van der Waals surface area contributed by atoms with Gasteiger partial charge in [0.2, 0.25) is 5.91 Å². The average molecular weight is 244 g/mol. The molecule has 0 aromatic rings. The van der Waals surface area contributed by atoms with Crippen molar-refractivity contribution < 1.29 is 14.6 Å². The molecule has 5 nitrogen and oxygen atoms in total. The maximum absolute atomic E-state index is 12.3. The molecule has 0 aromatic heterocycles. The minimum atomic E-state index is -0.690. The molecule has 0 spiro atoms. The number of amides is 1. The fourth-order valence-electron chi connectivity index (χ4n) is 2.00. The third kappa shape index (κ3) is 2.61. The third-order valence-corrected chi connectivity index (χ3v) is 4.07. The van der Waals surface area contributed by atoms with Crippen LogP contribution in [0, 0.1) is 5.41 Å². The lowest BCUT2D eigenvalue weighted by Crippen LogP contribution is -2.58. The van der Waals surface area contributed by atoms with E-state index < -0.39 is 11.0 Å². The predicted molar refractivity (Wildman–Crippen MR) is 65.4 cm³/mol. The zero-order chi connectivity index (χ0) is 13.1. The van der Waals surface area contributed by atoms with Crippen LogP contribution in [-0.2, 0) is 9.53 Å². The van der Waals surface area contributed by atoms with Gasteiger partial charge in [-0.1, -0.05) is 13.8 Å². The Morgan fingerprint density at radius 3 is 2.53 bits per heavy atom. The molecule has 0 aromatic carbocycles. The molecule has 0 radical (unpaired) electrons. The van der Waals surface area contributed by atoms with E-state index in [1.54, 1.807) is 0 Å². The van der Waals surface area contributed by atoms with Crippen LogP contribution in [0.5, 0.6) is 0 Å². The lowest BCUT2D eigenvalue weighted by molar-refractivity contribution is -0.133. The third-order valence-electron chi connectivity index (χ3n) is 4.07. The standard InChI is InChI=1S/C12H24N2O3/c1-4-12(5-2,7-15)14-10(16)11(3)8-17-6-9(11)13/h9,15H,4-8,13H2,1-3H3,(H,14,16). The van der Waals surface area contributed by atoms with Gasteiger partial charge in [0, 0.05) is 6.04 Å². The summed E-state index contributed by atoms with van der Waals surface area (Å²) in [4.78, 5) is 12.3. The van der Waals surface area contributed by atoms with E-state index in [2.05, 4.69) is 5.32 Å². The quantitative estimate of drug-likeness (QED) is 0.636. The number of carbonyl (C=O) groups is 1. The molecule has 1 aliphatic rings. The van der Waals surface area contributed by atoms with E-state index in [-0.39, 0.29) is 18.6 Å². The molecule has 17 heavy (non-hydrogen) atoms. The summed E-state index contributed by atoms with van der Waals surface area (Å²) in [7, 11) is 0. The van der Waals surface area contributed by atoms with Crippen LogP contribution in [-0.4, -0.2) is 42.4 Å². The summed E-state index contributed by atoms with van der Waals surface area (Å²) < 4.78 is 5.26. The largest absolute Gasteiger partial charge is 0.394 e. The highest BCUT2D eigenvalue weighted by Gasteiger charge is 2.46. The topological polar surface area (TPSA) is 84.6 Å². The van der Waals surface area contributed by atoms with Crippen molar-refractivity contribution in [1.82, 2.24) is 5.32 Å². The Balaban J connectivity index is 2.77. The van der Waals surface area contributed by atoms with Crippen molar-refractivity contribution in [2.75, 3.05) is 19.8 Å². The zero-order valence-corrected chi connectivity index (χ0v) is 11.0. The van der Waals surface area contributed by atoms with Gasteiger partial charge in [-0.15, -0.1) is 0 Å². The summed E-state index contributed by atoms with van der Waals surface area (Å²) in [6.07, 6.45) is 1.38. The van der Waals surface area contributed by atoms with E-state index in [0.29, 0.717) is 26.1 Å². The van der Waals surface area contributed by atoms with Crippen LogP contribution in [0.4, 0.5) is 0 Å². The molecule has 100 valence electrons. The first-order valence-electron chi connectivity index (χ1n) is 6.21. The second-order valence-electron chi connectivity index (χ2n) is 5.14. The number of nitrogens with two attached hydrogens (primary N) is 1. The highest BCUT2D eigenvalue weighted by Crippen LogP contribution is 2.28. The average Bonchev–Trinajstić information content (AvgIpc) is 2.68. The van der Waals surface area contributed by atoms with Gasteiger partial charge in [0.15, 0.2) is 0 Å². The number of rotatable bonds is 5. The van der Waals surface area contributed by atoms with E-state index in [9.17, 15) is 9.90 Å². The highest BCUT2D eigenvalue weighted by atomic mass is 16.5. The van der Waals surface area contributed by atoms with Gasteiger partial charge in [0.1, 0.15) is 0 Å². The van der Waals surface area contributed by atoms with Crippen LogP contribution in [0.1, 0.15) is 33.6 Å². The summed E-state index contributed by atoms with van der Waals surface area (Å²) in [5, 5.41) is 12.4. The molecule has 1 heterocycles. The van der Waals surface area contributed by atoms with Gasteiger partial charge in [0.05, 0.1) is 30.8 Å². The summed E-state index contributed by atoms with van der Waals surface area (Å²) in [6.45, 7) is 6.41. The fourth-order valence-corrected chi connectivity index (χ4v) is 2.00. The Bertz CT molecular complexity index is 271. The Labute approximate surface area is 103 Å². The van der Waals surface area contributed by atoms with Crippen LogP contribution in [0.3, 0.4) is 0 Å². The molecular formula is C12H24N2O3. The van der Waals surface area contributed by atoms with Crippen molar-refractivity contribution in [1.29, 1.82) is 0 Å². The summed E-state index contributed by atoms with van der Waals surface area (Å²) >= 11 is 0. The lowest BCUT2D eigenvalue weighted by Gasteiger charge is -2.35. The molecule has 1 aliphatic heterocycles. The summed E-state index contributed by atoms with van der Waals surface area (Å²) in [5.41, 5.74) is 4.68.